The van der Waals surface area contributed by atoms with Crippen LogP contribution >= 0.6 is 0 Å². The summed E-state index contributed by atoms with van der Waals surface area (Å²) in [5, 5.41) is 5.38. The molecular formula is C24H21F2N5O2. The lowest BCUT2D eigenvalue weighted by Crippen LogP contribution is -2.36. The molecule has 4 rings (SSSR count). The van der Waals surface area contributed by atoms with Crippen molar-refractivity contribution in [1.82, 2.24) is 20.3 Å². The predicted molar refractivity (Wildman–Crippen MR) is 121 cm³/mol. The highest BCUT2D eigenvalue weighted by molar-refractivity contribution is 6.17. The molecule has 3 aromatic heterocycles. The molecule has 2 amide bonds. The van der Waals surface area contributed by atoms with Crippen molar-refractivity contribution in [1.29, 1.82) is 0 Å². The number of ketones is 1. The van der Waals surface area contributed by atoms with E-state index in [1.165, 1.54) is 6.20 Å². The van der Waals surface area contributed by atoms with Crippen molar-refractivity contribution in [2.24, 2.45) is 0 Å². The largest absolute Gasteiger partial charge is 0.345 e. The van der Waals surface area contributed by atoms with E-state index < -0.39 is 29.0 Å². The number of pyridine rings is 2. The van der Waals surface area contributed by atoms with Gasteiger partial charge in [-0.15, -0.1) is 0 Å². The van der Waals surface area contributed by atoms with E-state index in [9.17, 15) is 14.0 Å². The maximum absolute atomic E-state index is 15.2. The highest BCUT2D eigenvalue weighted by atomic mass is 19.1. The van der Waals surface area contributed by atoms with Gasteiger partial charge in [-0.05, 0) is 37.6 Å². The Balaban J connectivity index is 1.71. The van der Waals surface area contributed by atoms with Crippen molar-refractivity contribution in [2.75, 3.05) is 5.32 Å². The number of aromatic nitrogens is 3. The van der Waals surface area contributed by atoms with E-state index in [0.717, 1.165) is 17.7 Å². The van der Waals surface area contributed by atoms with Gasteiger partial charge in [0.2, 0.25) is 5.78 Å². The Labute approximate surface area is 188 Å². The molecule has 0 fully saturated rings. The van der Waals surface area contributed by atoms with Gasteiger partial charge in [-0.25, -0.2) is 18.6 Å². The Morgan fingerprint density at radius 2 is 1.97 bits per heavy atom. The van der Waals surface area contributed by atoms with E-state index in [1.54, 1.807) is 37.6 Å². The third-order valence-electron chi connectivity index (χ3n) is 5.33. The molecule has 1 unspecified atom stereocenters. The second-order valence-corrected chi connectivity index (χ2v) is 7.59. The number of aromatic amines is 1. The smallest absolute Gasteiger partial charge is 0.319 e. The second-order valence-electron chi connectivity index (χ2n) is 7.59. The number of benzene rings is 1. The highest BCUT2D eigenvalue weighted by Gasteiger charge is 2.25. The van der Waals surface area contributed by atoms with Gasteiger partial charge < -0.3 is 15.6 Å². The van der Waals surface area contributed by atoms with Crippen molar-refractivity contribution >= 4 is 28.5 Å². The summed E-state index contributed by atoms with van der Waals surface area (Å²) >= 11 is 0. The van der Waals surface area contributed by atoms with Crippen LogP contribution in [0.1, 0.15) is 36.2 Å². The standard InChI is InChI=1S/C24H21F2N5O2/c1-3-13(2)30-24(33)31-19-7-6-18(25)20(21(19)26)22(32)17-12-29-23-16(17)9-15(11-28-23)14-5-4-8-27-10-14/h4-13H,3H2,1-2H3,(H,28,29)(H2,30,31,33). The maximum atomic E-state index is 15.2. The molecule has 0 aliphatic heterocycles. The highest BCUT2D eigenvalue weighted by Crippen LogP contribution is 2.29. The first-order chi connectivity index (χ1) is 15.9. The first-order valence-corrected chi connectivity index (χ1v) is 10.4. The predicted octanol–water partition coefficient (Wildman–Crippen LogP) is 5.05. The van der Waals surface area contributed by atoms with Gasteiger partial charge in [0.15, 0.2) is 5.82 Å². The number of carbonyl (C=O) groups excluding carboxylic acids is 2. The third-order valence-corrected chi connectivity index (χ3v) is 5.33. The number of H-pyrrole nitrogens is 1. The number of nitrogens with zero attached hydrogens (tertiary/aromatic N) is 2. The number of halogens is 2. The molecule has 0 saturated heterocycles. The van der Waals surface area contributed by atoms with E-state index >= 15 is 4.39 Å². The summed E-state index contributed by atoms with van der Waals surface area (Å²) in [6.07, 6.45) is 6.94. The molecule has 33 heavy (non-hydrogen) atoms. The molecule has 0 radical (unpaired) electrons. The number of hydrogen-bond donors (Lipinski definition) is 3. The fourth-order valence-corrected chi connectivity index (χ4v) is 3.36. The van der Waals surface area contributed by atoms with Crippen LogP contribution < -0.4 is 10.6 Å². The number of fused-ring (bicyclic) bond motifs is 1. The Morgan fingerprint density at radius 1 is 1.15 bits per heavy atom. The zero-order valence-corrected chi connectivity index (χ0v) is 17.9. The minimum Gasteiger partial charge on any atom is -0.345 e. The first-order valence-electron chi connectivity index (χ1n) is 10.4. The number of rotatable bonds is 6. The number of carbonyl (C=O) groups is 2. The molecule has 7 nitrogen and oxygen atoms in total. The number of nitrogens with one attached hydrogen (secondary N) is 3. The Morgan fingerprint density at radius 3 is 2.70 bits per heavy atom. The summed E-state index contributed by atoms with van der Waals surface area (Å²) < 4.78 is 29.8. The molecule has 3 heterocycles. The van der Waals surface area contributed by atoms with Crippen molar-refractivity contribution in [3.05, 3.63) is 77.9 Å². The molecule has 0 saturated carbocycles. The van der Waals surface area contributed by atoms with Gasteiger partial charge >= 0.3 is 6.03 Å². The lowest BCUT2D eigenvalue weighted by Gasteiger charge is -2.14. The zero-order valence-electron chi connectivity index (χ0n) is 17.9. The van der Waals surface area contributed by atoms with E-state index in [1.807, 2.05) is 13.0 Å². The van der Waals surface area contributed by atoms with E-state index in [2.05, 4.69) is 25.6 Å². The van der Waals surface area contributed by atoms with Crippen LogP contribution in [-0.4, -0.2) is 32.8 Å². The van der Waals surface area contributed by atoms with Gasteiger partial charge in [-0.2, -0.15) is 0 Å². The molecule has 0 spiro atoms. The van der Waals surface area contributed by atoms with Gasteiger partial charge in [0, 0.05) is 52.9 Å². The van der Waals surface area contributed by atoms with E-state index in [-0.39, 0.29) is 17.3 Å². The molecule has 1 aromatic carbocycles. The molecule has 4 aromatic rings. The number of urea groups is 1. The quantitative estimate of drug-likeness (QED) is 0.359. The van der Waals surface area contributed by atoms with Crippen LogP contribution in [0.3, 0.4) is 0 Å². The Kier molecular flexibility index (Phi) is 6.12. The summed E-state index contributed by atoms with van der Waals surface area (Å²) in [6, 6.07) is 6.55. The third kappa shape index (κ3) is 4.43. The fraction of sp³-hybridized carbons (Fsp3) is 0.167. The van der Waals surface area contributed by atoms with Gasteiger partial charge in [-0.1, -0.05) is 13.0 Å². The summed E-state index contributed by atoms with van der Waals surface area (Å²) in [4.78, 5) is 36.5. The number of hydrogen-bond acceptors (Lipinski definition) is 4. The SMILES string of the molecule is CCC(C)NC(=O)Nc1ccc(F)c(C(=O)c2c[nH]c3ncc(-c4cccnc4)cc23)c1F. The van der Waals surface area contributed by atoms with Crippen LogP contribution in [0.4, 0.5) is 19.3 Å². The lowest BCUT2D eigenvalue weighted by molar-refractivity contribution is 0.103. The molecule has 1 atom stereocenters. The van der Waals surface area contributed by atoms with Crippen molar-refractivity contribution < 1.29 is 18.4 Å². The van der Waals surface area contributed by atoms with E-state index in [0.29, 0.717) is 23.0 Å². The summed E-state index contributed by atoms with van der Waals surface area (Å²) in [7, 11) is 0. The van der Waals surface area contributed by atoms with Gasteiger partial charge in [0.1, 0.15) is 11.5 Å². The van der Waals surface area contributed by atoms with Crippen molar-refractivity contribution in [3.63, 3.8) is 0 Å². The van der Waals surface area contributed by atoms with Crippen LogP contribution in [0, 0.1) is 11.6 Å². The monoisotopic (exact) mass is 449 g/mol. The van der Waals surface area contributed by atoms with Crippen LogP contribution in [-0.2, 0) is 0 Å². The molecule has 3 N–H and O–H groups in total. The zero-order chi connectivity index (χ0) is 23.5. The maximum Gasteiger partial charge on any atom is 0.319 e. The van der Waals surface area contributed by atoms with Crippen LogP contribution in [0.15, 0.2) is 55.1 Å². The van der Waals surface area contributed by atoms with Gasteiger partial charge in [0.25, 0.3) is 0 Å². The molecule has 168 valence electrons. The van der Waals surface area contributed by atoms with Gasteiger partial charge in [-0.3, -0.25) is 9.78 Å². The fourth-order valence-electron chi connectivity index (χ4n) is 3.36. The topological polar surface area (TPSA) is 99.8 Å². The minimum absolute atomic E-state index is 0.0576. The summed E-state index contributed by atoms with van der Waals surface area (Å²) in [5.74, 6) is -3.05. The normalized spacial score (nSPS) is 11.9. The summed E-state index contributed by atoms with van der Waals surface area (Å²) in [6.45, 7) is 3.68. The molecule has 0 aliphatic carbocycles. The van der Waals surface area contributed by atoms with Crippen LogP contribution in [0.2, 0.25) is 0 Å². The minimum atomic E-state index is -1.15. The van der Waals surface area contributed by atoms with Gasteiger partial charge in [0.05, 0.1) is 11.3 Å². The molecule has 0 aliphatic rings. The van der Waals surface area contributed by atoms with Crippen molar-refractivity contribution in [3.8, 4) is 11.1 Å². The number of anilines is 1. The average molecular weight is 449 g/mol. The second kappa shape index (κ2) is 9.15. The lowest BCUT2D eigenvalue weighted by atomic mass is 10.00. The van der Waals surface area contributed by atoms with Crippen molar-refractivity contribution in [2.45, 2.75) is 26.3 Å². The Hall–Kier alpha value is -4.14. The molecular weight excluding hydrogens is 428 g/mol. The average Bonchev–Trinajstić information content (AvgIpc) is 3.24. The first kappa shape index (κ1) is 22.1. The van der Waals surface area contributed by atoms with Crippen LogP contribution in [0.5, 0.6) is 0 Å². The van der Waals surface area contributed by atoms with E-state index in [4.69, 9.17) is 0 Å². The number of amides is 2. The Bertz CT molecular complexity index is 1340. The molecule has 0 bridgehead atoms. The van der Waals surface area contributed by atoms with Crippen LogP contribution in [0.25, 0.3) is 22.2 Å². The summed E-state index contributed by atoms with van der Waals surface area (Å²) in [5.41, 5.74) is 0.875. The molecule has 9 heteroatoms.